The second kappa shape index (κ2) is 7.93. The van der Waals surface area contributed by atoms with E-state index in [0.717, 1.165) is 29.7 Å². The summed E-state index contributed by atoms with van der Waals surface area (Å²) in [5.41, 5.74) is 2.91. The lowest BCUT2D eigenvalue weighted by molar-refractivity contribution is -0.137. The number of carbonyl (C=O) groups excluding carboxylic acids is 1. The second-order valence-electron chi connectivity index (χ2n) is 7.41. The SMILES string of the molecule is O=NC1CCc2cccc(NC(=O)/C=C3\CCOc4cc(C(F)(F)F)ccc43)c2C1. The van der Waals surface area contributed by atoms with E-state index in [1.807, 2.05) is 12.1 Å². The van der Waals surface area contributed by atoms with E-state index >= 15 is 0 Å². The van der Waals surface area contributed by atoms with E-state index in [2.05, 4.69) is 10.5 Å². The number of aryl methyl sites for hydroxylation is 1. The van der Waals surface area contributed by atoms with Gasteiger partial charge in [0, 0.05) is 30.2 Å². The number of fused-ring (bicyclic) bond motifs is 2. The summed E-state index contributed by atoms with van der Waals surface area (Å²) in [6.45, 7) is 0.195. The molecule has 30 heavy (non-hydrogen) atoms. The summed E-state index contributed by atoms with van der Waals surface area (Å²) in [6.07, 6.45) is -0.764. The number of nitrogens with one attached hydrogen (secondary N) is 1. The van der Waals surface area contributed by atoms with E-state index in [9.17, 15) is 22.9 Å². The fourth-order valence-electron chi connectivity index (χ4n) is 3.94. The van der Waals surface area contributed by atoms with Gasteiger partial charge in [-0.1, -0.05) is 23.4 Å². The molecule has 0 saturated carbocycles. The Bertz CT molecular complexity index is 1030. The van der Waals surface area contributed by atoms with Crippen LogP contribution in [-0.4, -0.2) is 18.6 Å². The van der Waals surface area contributed by atoms with Gasteiger partial charge in [0.15, 0.2) is 0 Å². The van der Waals surface area contributed by atoms with E-state index < -0.39 is 11.7 Å². The van der Waals surface area contributed by atoms with Crippen molar-refractivity contribution in [1.82, 2.24) is 0 Å². The van der Waals surface area contributed by atoms with Crippen LogP contribution in [0.3, 0.4) is 0 Å². The number of nitrogens with zero attached hydrogens (tertiary/aromatic N) is 1. The maximum atomic E-state index is 12.9. The summed E-state index contributed by atoms with van der Waals surface area (Å²) in [5, 5.41) is 5.99. The van der Waals surface area contributed by atoms with Gasteiger partial charge >= 0.3 is 6.18 Å². The topological polar surface area (TPSA) is 67.8 Å². The molecule has 4 rings (SSSR count). The Hall–Kier alpha value is -3.16. The number of benzene rings is 2. The van der Waals surface area contributed by atoms with E-state index in [0.29, 0.717) is 36.1 Å². The molecule has 1 atom stereocenters. The summed E-state index contributed by atoms with van der Waals surface area (Å²) < 4.78 is 44.2. The third-order valence-electron chi connectivity index (χ3n) is 5.46. The summed E-state index contributed by atoms with van der Waals surface area (Å²) >= 11 is 0. The number of alkyl halides is 3. The number of rotatable bonds is 3. The van der Waals surface area contributed by atoms with Crippen LogP contribution in [0.5, 0.6) is 5.75 Å². The highest BCUT2D eigenvalue weighted by Gasteiger charge is 2.32. The van der Waals surface area contributed by atoms with Crippen LogP contribution in [0.25, 0.3) is 5.57 Å². The molecular formula is C22H19F3N2O3. The van der Waals surface area contributed by atoms with Gasteiger partial charge < -0.3 is 10.1 Å². The van der Waals surface area contributed by atoms with Crippen molar-refractivity contribution in [2.24, 2.45) is 5.18 Å². The molecule has 1 unspecified atom stereocenters. The lowest BCUT2D eigenvalue weighted by Crippen LogP contribution is -2.20. The standard InChI is InChI=1S/C22H19F3N2O3/c23-22(24,25)15-5-7-17-14(8-9-30-20(17)11-15)10-21(28)26-19-3-1-2-13-4-6-16(27-29)12-18(13)19/h1-3,5,7,10-11,16H,4,6,8-9,12H2,(H,26,28)/b14-10+. The average Bonchev–Trinajstić information content (AvgIpc) is 2.73. The molecule has 0 radical (unpaired) electrons. The quantitative estimate of drug-likeness (QED) is 0.557. The smallest absolute Gasteiger partial charge is 0.416 e. The molecule has 1 heterocycles. The van der Waals surface area contributed by atoms with Crippen LogP contribution >= 0.6 is 0 Å². The van der Waals surface area contributed by atoms with Gasteiger partial charge in [0.05, 0.1) is 18.2 Å². The minimum Gasteiger partial charge on any atom is -0.493 e. The first kappa shape index (κ1) is 20.1. The molecule has 0 saturated heterocycles. The number of ether oxygens (including phenoxy) is 1. The van der Waals surface area contributed by atoms with Gasteiger partial charge in [0.25, 0.3) is 0 Å². The molecule has 2 aliphatic rings. The van der Waals surface area contributed by atoms with Crippen molar-refractivity contribution in [2.75, 3.05) is 11.9 Å². The minimum absolute atomic E-state index is 0.118. The largest absolute Gasteiger partial charge is 0.493 e. The van der Waals surface area contributed by atoms with Gasteiger partial charge in [-0.05, 0) is 47.7 Å². The highest BCUT2D eigenvalue weighted by atomic mass is 19.4. The molecule has 8 heteroatoms. The van der Waals surface area contributed by atoms with Crippen LogP contribution in [0.2, 0.25) is 0 Å². The molecule has 2 aromatic rings. The van der Waals surface area contributed by atoms with Gasteiger partial charge in [0.2, 0.25) is 5.91 Å². The highest BCUT2D eigenvalue weighted by Crippen LogP contribution is 2.38. The summed E-state index contributed by atoms with van der Waals surface area (Å²) in [7, 11) is 0. The molecule has 0 aromatic heterocycles. The molecule has 0 bridgehead atoms. The van der Waals surface area contributed by atoms with Crippen LogP contribution in [0.15, 0.2) is 47.7 Å². The molecular weight excluding hydrogens is 397 g/mol. The van der Waals surface area contributed by atoms with Gasteiger partial charge in [-0.3, -0.25) is 4.79 Å². The number of halogens is 3. The highest BCUT2D eigenvalue weighted by molar-refractivity contribution is 6.05. The Morgan fingerprint density at radius 1 is 1.20 bits per heavy atom. The Labute approximate surface area is 170 Å². The number of hydrogen-bond acceptors (Lipinski definition) is 4. The zero-order valence-corrected chi connectivity index (χ0v) is 16.0. The predicted molar refractivity (Wildman–Crippen MR) is 106 cm³/mol. The summed E-state index contributed by atoms with van der Waals surface area (Å²) in [5.74, 6) is -0.264. The number of carbonyl (C=O) groups is 1. The number of amides is 1. The maximum Gasteiger partial charge on any atom is 0.416 e. The number of nitroso groups, excluding NO2 is 1. The molecule has 2 aromatic carbocycles. The van der Waals surface area contributed by atoms with Gasteiger partial charge in [-0.25, -0.2) is 0 Å². The summed E-state index contributed by atoms with van der Waals surface area (Å²) in [4.78, 5) is 23.6. The Morgan fingerprint density at radius 2 is 2.03 bits per heavy atom. The van der Waals surface area contributed by atoms with Crippen LogP contribution in [-0.2, 0) is 23.8 Å². The first-order chi connectivity index (χ1) is 14.3. The van der Waals surface area contributed by atoms with Crippen molar-refractivity contribution in [2.45, 2.75) is 37.9 Å². The zero-order valence-electron chi connectivity index (χ0n) is 16.0. The first-order valence-electron chi connectivity index (χ1n) is 9.64. The molecule has 1 N–H and O–H groups in total. The molecule has 0 fully saturated rings. The normalized spacial score (nSPS) is 19.4. The maximum absolute atomic E-state index is 12.9. The van der Waals surface area contributed by atoms with E-state index in [-0.39, 0.29) is 24.3 Å². The number of anilines is 1. The van der Waals surface area contributed by atoms with Crippen molar-refractivity contribution < 1.29 is 22.7 Å². The lowest BCUT2D eigenvalue weighted by Gasteiger charge is -2.23. The van der Waals surface area contributed by atoms with Crippen molar-refractivity contribution in [3.05, 3.63) is 69.6 Å². The van der Waals surface area contributed by atoms with Crippen LogP contribution in [0.4, 0.5) is 18.9 Å². The fraction of sp³-hybridized carbons (Fsp3) is 0.318. The Kier molecular flexibility index (Phi) is 5.32. The van der Waals surface area contributed by atoms with E-state index in [1.165, 1.54) is 12.1 Å². The van der Waals surface area contributed by atoms with Crippen LogP contribution < -0.4 is 10.1 Å². The predicted octanol–water partition coefficient (Wildman–Crippen LogP) is 5.13. The van der Waals surface area contributed by atoms with Crippen LogP contribution in [0, 0.1) is 4.91 Å². The third-order valence-corrected chi connectivity index (χ3v) is 5.46. The zero-order chi connectivity index (χ0) is 21.3. The molecule has 156 valence electrons. The molecule has 1 aliphatic heterocycles. The molecule has 5 nitrogen and oxygen atoms in total. The Balaban J connectivity index is 1.58. The van der Waals surface area contributed by atoms with E-state index in [1.54, 1.807) is 6.07 Å². The van der Waals surface area contributed by atoms with Crippen molar-refractivity contribution in [3.8, 4) is 5.75 Å². The average molecular weight is 416 g/mol. The monoisotopic (exact) mass is 416 g/mol. The second-order valence-corrected chi connectivity index (χ2v) is 7.41. The number of hydrogen-bond donors (Lipinski definition) is 1. The van der Waals surface area contributed by atoms with Crippen molar-refractivity contribution in [3.63, 3.8) is 0 Å². The third kappa shape index (κ3) is 4.08. The summed E-state index contributed by atoms with van der Waals surface area (Å²) in [6, 6.07) is 8.56. The fourth-order valence-corrected chi connectivity index (χ4v) is 3.94. The minimum atomic E-state index is -4.46. The van der Waals surface area contributed by atoms with Gasteiger partial charge in [-0.2, -0.15) is 18.1 Å². The van der Waals surface area contributed by atoms with Crippen LogP contribution in [0.1, 0.15) is 35.1 Å². The van der Waals surface area contributed by atoms with E-state index in [4.69, 9.17) is 4.74 Å². The van der Waals surface area contributed by atoms with Gasteiger partial charge in [-0.15, -0.1) is 0 Å². The van der Waals surface area contributed by atoms with Gasteiger partial charge in [0.1, 0.15) is 5.75 Å². The van der Waals surface area contributed by atoms with Crippen molar-refractivity contribution in [1.29, 1.82) is 0 Å². The Morgan fingerprint density at radius 3 is 2.80 bits per heavy atom. The lowest BCUT2D eigenvalue weighted by atomic mass is 9.87. The molecule has 1 amide bonds. The van der Waals surface area contributed by atoms with Crippen molar-refractivity contribution >= 4 is 17.2 Å². The molecule has 0 spiro atoms. The first-order valence-corrected chi connectivity index (χ1v) is 9.64. The molecule has 1 aliphatic carbocycles.